The molecule has 1 aliphatic carbocycles. The van der Waals surface area contributed by atoms with Crippen molar-refractivity contribution >= 4 is 34.4 Å². The lowest BCUT2D eigenvalue weighted by atomic mass is 9.98. The lowest BCUT2D eigenvalue weighted by Crippen LogP contribution is -2.52. The summed E-state index contributed by atoms with van der Waals surface area (Å²) in [7, 11) is 0. The molecule has 2 heterocycles. The normalized spacial score (nSPS) is 17.0. The number of carboxylic acid groups (broad SMARTS) is 1. The number of nitrogens with one attached hydrogen (secondary N) is 1. The summed E-state index contributed by atoms with van der Waals surface area (Å²) in [6.07, 6.45) is 3.89. The summed E-state index contributed by atoms with van der Waals surface area (Å²) < 4.78 is 5.42. The molecular weight excluding hydrogens is 296 g/mol. The van der Waals surface area contributed by atoms with E-state index in [1.807, 2.05) is 0 Å². The SMILES string of the molecule is O=C(NC1(C(=O)O)CCCC1)c1cc2c(Cl)nccc2o1. The molecular formula is C14H13ClN2O4. The van der Waals surface area contributed by atoms with Crippen molar-refractivity contribution in [2.24, 2.45) is 0 Å². The lowest BCUT2D eigenvalue weighted by molar-refractivity contribution is -0.144. The van der Waals surface area contributed by atoms with E-state index < -0.39 is 17.4 Å². The van der Waals surface area contributed by atoms with Crippen LogP contribution in [0.5, 0.6) is 0 Å². The predicted octanol–water partition coefficient (Wildman–Crippen LogP) is 2.61. The Morgan fingerprint density at radius 2 is 2.10 bits per heavy atom. The third kappa shape index (κ3) is 2.35. The largest absolute Gasteiger partial charge is 0.480 e. The number of carbonyl (C=O) groups is 2. The molecule has 0 unspecified atom stereocenters. The average Bonchev–Trinajstić information content (AvgIpc) is 3.06. The van der Waals surface area contributed by atoms with Crippen LogP contribution < -0.4 is 5.32 Å². The number of rotatable bonds is 3. The molecule has 0 aromatic carbocycles. The smallest absolute Gasteiger partial charge is 0.329 e. The van der Waals surface area contributed by atoms with Crippen molar-refractivity contribution in [2.75, 3.05) is 0 Å². The maximum Gasteiger partial charge on any atom is 0.329 e. The van der Waals surface area contributed by atoms with Crippen molar-refractivity contribution in [3.05, 3.63) is 29.2 Å². The summed E-state index contributed by atoms with van der Waals surface area (Å²) in [4.78, 5) is 27.6. The topological polar surface area (TPSA) is 92.4 Å². The van der Waals surface area contributed by atoms with Crippen LogP contribution in [0.3, 0.4) is 0 Å². The van der Waals surface area contributed by atoms with E-state index in [-0.39, 0.29) is 10.9 Å². The van der Waals surface area contributed by atoms with Crippen LogP contribution in [0.2, 0.25) is 5.15 Å². The summed E-state index contributed by atoms with van der Waals surface area (Å²) in [5.74, 6) is -1.52. The summed E-state index contributed by atoms with van der Waals surface area (Å²) in [6, 6.07) is 3.07. The number of hydrogen-bond donors (Lipinski definition) is 2. The van der Waals surface area contributed by atoms with Gasteiger partial charge in [-0.05, 0) is 18.9 Å². The van der Waals surface area contributed by atoms with Crippen molar-refractivity contribution in [1.29, 1.82) is 0 Å². The number of amides is 1. The van der Waals surface area contributed by atoms with Gasteiger partial charge in [-0.2, -0.15) is 0 Å². The van der Waals surface area contributed by atoms with E-state index in [4.69, 9.17) is 16.0 Å². The maximum atomic E-state index is 12.3. The Labute approximate surface area is 125 Å². The van der Waals surface area contributed by atoms with Gasteiger partial charge in [-0.1, -0.05) is 24.4 Å². The van der Waals surface area contributed by atoms with E-state index in [0.29, 0.717) is 23.8 Å². The number of carboxylic acids is 1. The van der Waals surface area contributed by atoms with Gasteiger partial charge < -0.3 is 14.8 Å². The summed E-state index contributed by atoms with van der Waals surface area (Å²) >= 11 is 5.93. The van der Waals surface area contributed by atoms with Gasteiger partial charge >= 0.3 is 5.97 Å². The zero-order valence-corrected chi connectivity index (χ0v) is 11.8. The van der Waals surface area contributed by atoms with Gasteiger partial charge in [0.15, 0.2) is 5.76 Å². The average molecular weight is 309 g/mol. The minimum atomic E-state index is -1.20. The van der Waals surface area contributed by atoms with E-state index in [0.717, 1.165) is 12.8 Å². The maximum absolute atomic E-state index is 12.3. The molecule has 110 valence electrons. The number of halogens is 1. The number of furan rings is 1. The number of nitrogens with zero attached hydrogens (tertiary/aromatic N) is 1. The number of pyridine rings is 1. The van der Waals surface area contributed by atoms with Crippen LogP contribution in [0.1, 0.15) is 36.2 Å². The fourth-order valence-electron chi connectivity index (χ4n) is 2.69. The third-order valence-corrected chi connectivity index (χ3v) is 4.14. The Hall–Kier alpha value is -2.08. The molecule has 2 aromatic rings. The summed E-state index contributed by atoms with van der Waals surface area (Å²) in [6.45, 7) is 0. The van der Waals surface area contributed by atoms with Crippen molar-refractivity contribution in [1.82, 2.24) is 10.3 Å². The first-order valence-corrected chi connectivity index (χ1v) is 7.00. The van der Waals surface area contributed by atoms with Gasteiger partial charge in [-0.25, -0.2) is 9.78 Å². The molecule has 1 saturated carbocycles. The molecule has 0 aliphatic heterocycles. The predicted molar refractivity (Wildman–Crippen MR) is 75.3 cm³/mol. The molecule has 2 N–H and O–H groups in total. The minimum absolute atomic E-state index is 0.0347. The molecule has 6 nitrogen and oxygen atoms in total. The quantitative estimate of drug-likeness (QED) is 0.850. The Kier molecular flexibility index (Phi) is 3.33. The van der Waals surface area contributed by atoms with Crippen LogP contribution in [-0.4, -0.2) is 27.5 Å². The Morgan fingerprint density at radius 1 is 1.38 bits per heavy atom. The first kappa shape index (κ1) is 13.9. The minimum Gasteiger partial charge on any atom is -0.480 e. The van der Waals surface area contributed by atoms with Crippen LogP contribution in [0, 0.1) is 0 Å². The summed E-state index contributed by atoms with van der Waals surface area (Å²) in [5.41, 5.74) is -0.756. The fourth-order valence-corrected chi connectivity index (χ4v) is 2.90. The first-order valence-electron chi connectivity index (χ1n) is 6.62. The second-order valence-electron chi connectivity index (χ2n) is 5.17. The van der Waals surface area contributed by atoms with Gasteiger partial charge in [-0.15, -0.1) is 0 Å². The Morgan fingerprint density at radius 3 is 2.71 bits per heavy atom. The van der Waals surface area contributed by atoms with E-state index in [9.17, 15) is 14.7 Å². The molecule has 21 heavy (non-hydrogen) atoms. The highest BCUT2D eigenvalue weighted by Crippen LogP contribution is 2.31. The van der Waals surface area contributed by atoms with Crippen LogP contribution in [0.15, 0.2) is 22.7 Å². The van der Waals surface area contributed by atoms with Crippen LogP contribution >= 0.6 is 11.6 Å². The number of aromatic nitrogens is 1. The number of hydrogen-bond acceptors (Lipinski definition) is 4. The Balaban J connectivity index is 1.90. The number of fused-ring (bicyclic) bond motifs is 1. The molecule has 0 spiro atoms. The second kappa shape index (κ2) is 5.04. The van der Waals surface area contributed by atoms with E-state index in [1.165, 1.54) is 12.3 Å². The van der Waals surface area contributed by atoms with Crippen molar-refractivity contribution < 1.29 is 19.1 Å². The van der Waals surface area contributed by atoms with E-state index in [2.05, 4.69) is 10.3 Å². The monoisotopic (exact) mass is 308 g/mol. The molecule has 1 fully saturated rings. The molecule has 3 rings (SSSR count). The van der Waals surface area contributed by atoms with Gasteiger partial charge in [0.05, 0.1) is 5.39 Å². The second-order valence-corrected chi connectivity index (χ2v) is 5.53. The zero-order chi connectivity index (χ0) is 15.0. The van der Waals surface area contributed by atoms with Gasteiger partial charge in [0.25, 0.3) is 5.91 Å². The van der Waals surface area contributed by atoms with Crippen LogP contribution in [0.25, 0.3) is 11.0 Å². The van der Waals surface area contributed by atoms with Gasteiger partial charge in [-0.3, -0.25) is 4.79 Å². The highest BCUT2D eigenvalue weighted by Gasteiger charge is 2.43. The molecule has 0 radical (unpaired) electrons. The molecule has 2 aromatic heterocycles. The van der Waals surface area contributed by atoms with Gasteiger partial charge in [0.1, 0.15) is 16.3 Å². The van der Waals surface area contributed by atoms with Crippen LogP contribution in [0.4, 0.5) is 0 Å². The molecule has 0 saturated heterocycles. The fraction of sp³-hybridized carbons (Fsp3) is 0.357. The molecule has 0 bridgehead atoms. The highest BCUT2D eigenvalue weighted by molar-refractivity contribution is 6.34. The standard InChI is InChI=1S/C14H13ClN2O4/c15-11-8-7-10(21-9(8)3-6-16-11)12(18)17-14(13(19)20)4-1-2-5-14/h3,6-7H,1-2,4-5H2,(H,17,18)(H,19,20). The van der Waals surface area contributed by atoms with Crippen molar-refractivity contribution in [3.8, 4) is 0 Å². The first-order chi connectivity index (χ1) is 10.0. The summed E-state index contributed by atoms with van der Waals surface area (Å²) in [5, 5.41) is 12.7. The van der Waals surface area contributed by atoms with Crippen molar-refractivity contribution in [3.63, 3.8) is 0 Å². The molecule has 7 heteroatoms. The van der Waals surface area contributed by atoms with Crippen molar-refractivity contribution in [2.45, 2.75) is 31.2 Å². The van der Waals surface area contributed by atoms with E-state index in [1.54, 1.807) is 6.07 Å². The lowest BCUT2D eigenvalue weighted by Gasteiger charge is -2.24. The Bertz CT molecular complexity index is 719. The third-order valence-electron chi connectivity index (χ3n) is 3.84. The number of aliphatic carboxylic acids is 1. The molecule has 0 atom stereocenters. The molecule has 1 amide bonds. The van der Waals surface area contributed by atoms with Crippen LogP contribution in [-0.2, 0) is 4.79 Å². The van der Waals surface area contributed by atoms with Gasteiger partial charge in [0, 0.05) is 12.3 Å². The van der Waals surface area contributed by atoms with E-state index >= 15 is 0 Å². The zero-order valence-electron chi connectivity index (χ0n) is 11.1. The number of carbonyl (C=O) groups excluding carboxylic acids is 1. The molecule has 1 aliphatic rings. The highest BCUT2D eigenvalue weighted by atomic mass is 35.5. The van der Waals surface area contributed by atoms with Gasteiger partial charge in [0.2, 0.25) is 0 Å².